The lowest BCUT2D eigenvalue weighted by molar-refractivity contribution is -0.149. The molecule has 1 aliphatic carbocycles. The van der Waals surface area contributed by atoms with Crippen molar-refractivity contribution >= 4 is 5.97 Å². The van der Waals surface area contributed by atoms with Gasteiger partial charge in [-0.1, -0.05) is 18.9 Å². The predicted octanol–water partition coefficient (Wildman–Crippen LogP) is 1.45. The van der Waals surface area contributed by atoms with Crippen molar-refractivity contribution in [2.75, 3.05) is 6.54 Å². The van der Waals surface area contributed by atoms with E-state index in [0.29, 0.717) is 18.8 Å². The average molecular weight is 234 g/mol. The Kier molecular flexibility index (Phi) is 3.43. The molecule has 1 atom stereocenters. The number of carbonyl (C=O) groups is 1. The van der Waals surface area contributed by atoms with Gasteiger partial charge in [-0.3, -0.25) is 9.78 Å². The second-order valence-electron chi connectivity index (χ2n) is 4.98. The van der Waals surface area contributed by atoms with Crippen molar-refractivity contribution in [2.45, 2.75) is 25.7 Å². The molecule has 1 unspecified atom stereocenters. The van der Waals surface area contributed by atoms with Crippen molar-refractivity contribution in [1.29, 1.82) is 0 Å². The lowest BCUT2D eigenvalue weighted by Gasteiger charge is -2.28. The Morgan fingerprint density at radius 1 is 1.59 bits per heavy atom. The first-order chi connectivity index (χ1) is 8.16. The van der Waals surface area contributed by atoms with Gasteiger partial charge in [-0.15, -0.1) is 0 Å². The molecule has 0 aliphatic heterocycles. The van der Waals surface area contributed by atoms with Gasteiger partial charge in [0.05, 0.1) is 5.41 Å². The third-order valence-electron chi connectivity index (χ3n) is 3.49. The zero-order chi connectivity index (χ0) is 12.3. The van der Waals surface area contributed by atoms with Crippen LogP contribution in [0.25, 0.3) is 0 Å². The van der Waals surface area contributed by atoms with Crippen LogP contribution in [0, 0.1) is 11.3 Å². The summed E-state index contributed by atoms with van der Waals surface area (Å²) in [6.07, 6.45) is 6.86. The number of aromatic nitrogens is 1. The SMILES string of the molecule is NCC(Cc1cccnc1)(CC1CC1)C(=O)O. The van der Waals surface area contributed by atoms with Gasteiger partial charge in [-0.25, -0.2) is 0 Å². The molecule has 1 aliphatic rings. The van der Waals surface area contributed by atoms with Gasteiger partial charge in [0, 0.05) is 18.9 Å². The standard InChI is InChI=1S/C13H18N2O2/c14-9-13(12(16)17,6-10-3-4-10)7-11-2-1-5-15-8-11/h1-2,5,8,10H,3-4,6-7,9,14H2,(H,16,17). The molecule has 1 aromatic heterocycles. The first kappa shape index (κ1) is 12.0. The molecule has 0 aromatic carbocycles. The highest BCUT2D eigenvalue weighted by Gasteiger charge is 2.42. The van der Waals surface area contributed by atoms with Gasteiger partial charge in [0.15, 0.2) is 0 Å². The highest BCUT2D eigenvalue weighted by atomic mass is 16.4. The van der Waals surface area contributed by atoms with E-state index in [2.05, 4.69) is 4.98 Å². The average Bonchev–Trinajstić information content (AvgIpc) is 3.13. The normalized spacial score (nSPS) is 18.6. The third-order valence-corrected chi connectivity index (χ3v) is 3.49. The molecule has 2 rings (SSSR count). The van der Waals surface area contributed by atoms with E-state index in [1.54, 1.807) is 12.4 Å². The van der Waals surface area contributed by atoms with Crippen LogP contribution in [0.4, 0.5) is 0 Å². The zero-order valence-corrected chi connectivity index (χ0v) is 9.80. The van der Waals surface area contributed by atoms with Crippen molar-refractivity contribution in [2.24, 2.45) is 17.1 Å². The highest BCUT2D eigenvalue weighted by Crippen LogP contribution is 2.41. The maximum Gasteiger partial charge on any atom is 0.311 e. The number of nitrogens with zero attached hydrogens (tertiary/aromatic N) is 1. The first-order valence-corrected chi connectivity index (χ1v) is 5.99. The summed E-state index contributed by atoms with van der Waals surface area (Å²) in [5.74, 6) is -0.234. The molecule has 3 N–H and O–H groups in total. The predicted molar refractivity (Wildman–Crippen MR) is 64.4 cm³/mol. The Balaban J connectivity index is 2.16. The number of hydrogen-bond acceptors (Lipinski definition) is 3. The summed E-state index contributed by atoms with van der Waals surface area (Å²) >= 11 is 0. The van der Waals surface area contributed by atoms with E-state index in [4.69, 9.17) is 5.73 Å². The topological polar surface area (TPSA) is 76.2 Å². The van der Waals surface area contributed by atoms with E-state index in [-0.39, 0.29) is 6.54 Å². The van der Waals surface area contributed by atoms with Crippen LogP contribution in [0.3, 0.4) is 0 Å². The molecule has 1 aromatic rings. The lowest BCUT2D eigenvalue weighted by atomic mass is 9.77. The minimum Gasteiger partial charge on any atom is -0.481 e. The van der Waals surface area contributed by atoms with E-state index in [9.17, 15) is 9.90 Å². The van der Waals surface area contributed by atoms with Crippen LogP contribution >= 0.6 is 0 Å². The largest absolute Gasteiger partial charge is 0.481 e. The van der Waals surface area contributed by atoms with Gasteiger partial charge in [0.2, 0.25) is 0 Å². The molecule has 4 nitrogen and oxygen atoms in total. The number of rotatable bonds is 6. The van der Waals surface area contributed by atoms with Gasteiger partial charge in [-0.05, 0) is 30.4 Å². The first-order valence-electron chi connectivity index (χ1n) is 5.99. The number of carboxylic acids is 1. The third kappa shape index (κ3) is 2.82. The van der Waals surface area contributed by atoms with Crippen LogP contribution in [-0.2, 0) is 11.2 Å². The summed E-state index contributed by atoms with van der Waals surface area (Å²) in [4.78, 5) is 15.5. The van der Waals surface area contributed by atoms with Crippen molar-refractivity contribution in [3.8, 4) is 0 Å². The fourth-order valence-electron chi connectivity index (χ4n) is 2.25. The van der Waals surface area contributed by atoms with E-state index in [0.717, 1.165) is 18.4 Å². The number of hydrogen-bond donors (Lipinski definition) is 2. The van der Waals surface area contributed by atoms with Crippen molar-refractivity contribution < 1.29 is 9.90 Å². The van der Waals surface area contributed by atoms with Gasteiger partial charge < -0.3 is 10.8 Å². The summed E-state index contributed by atoms with van der Waals surface area (Å²) in [5.41, 5.74) is 5.86. The van der Waals surface area contributed by atoms with Gasteiger partial charge in [-0.2, -0.15) is 0 Å². The summed E-state index contributed by atoms with van der Waals surface area (Å²) in [7, 11) is 0. The molecule has 0 radical (unpaired) electrons. The minimum atomic E-state index is -0.815. The zero-order valence-electron chi connectivity index (χ0n) is 9.80. The smallest absolute Gasteiger partial charge is 0.311 e. The van der Waals surface area contributed by atoms with Crippen LogP contribution in [0.15, 0.2) is 24.5 Å². The number of nitrogens with two attached hydrogens (primary N) is 1. The van der Waals surface area contributed by atoms with Crippen molar-refractivity contribution in [3.63, 3.8) is 0 Å². The molecule has 0 spiro atoms. The molecule has 4 heteroatoms. The fraction of sp³-hybridized carbons (Fsp3) is 0.538. The van der Waals surface area contributed by atoms with Crippen LogP contribution < -0.4 is 5.73 Å². The molecular weight excluding hydrogens is 216 g/mol. The highest BCUT2D eigenvalue weighted by molar-refractivity contribution is 5.75. The van der Waals surface area contributed by atoms with E-state index >= 15 is 0 Å². The van der Waals surface area contributed by atoms with Crippen molar-refractivity contribution in [1.82, 2.24) is 4.98 Å². The van der Waals surface area contributed by atoms with Crippen molar-refractivity contribution in [3.05, 3.63) is 30.1 Å². The molecule has 0 bridgehead atoms. The summed E-state index contributed by atoms with van der Waals surface area (Å²) in [6, 6.07) is 3.74. The molecular formula is C13H18N2O2. The van der Waals surface area contributed by atoms with E-state index in [1.165, 1.54) is 0 Å². The Bertz CT molecular complexity index is 390. The lowest BCUT2D eigenvalue weighted by Crippen LogP contribution is -2.41. The fourth-order valence-corrected chi connectivity index (χ4v) is 2.25. The molecule has 1 saturated carbocycles. The monoisotopic (exact) mass is 234 g/mol. The summed E-state index contributed by atoms with van der Waals surface area (Å²) in [6.45, 7) is 0.188. The summed E-state index contributed by atoms with van der Waals surface area (Å²) < 4.78 is 0. The molecule has 1 fully saturated rings. The second-order valence-corrected chi connectivity index (χ2v) is 4.98. The number of aliphatic carboxylic acids is 1. The Morgan fingerprint density at radius 2 is 2.35 bits per heavy atom. The number of pyridine rings is 1. The minimum absolute atomic E-state index is 0.188. The van der Waals surface area contributed by atoms with Crippen LogP contribution in [0.2, 0.25) is 0 Å². The van der Waals surface area contributed by atoms with Crippen LogP contribution in [0.5, 0.6) is 0 Å². The maximum absolute atomic E-state index is 11.5. The van der Waals surface area contributed by atoms with Gasteiger partial charge in [0.1, 0.15) is 0 Å². The molecule has 0 amide bonds. The molecule has 92 valence electrons. The maximum atomic E-state index is 11.5. The van der Waals surface area contributed by atoms with Gasteiger partial charge in [0.25, 0.3) is 0 Å². The van der Waals surface area contributed by atoms with E-state index in [1.807, 2.05) is 12.1 Å². The molecule has 1 heterocycles. The Labute approximate surface area is 101 Å². The quantitative estimate of drug-likeness (QED) is 0.781. The van der Waals surface area contributed by atoms with Gasteiger partial charge >= 0.3 is 5.97 Å². The molecule has 0 saturated heterocycles. The van der Waals surface area contributed by atoms with E-state index < -0.39 is 11.4 Å². The molecule has 17 heavy (non-hydrogen) atoms. The van der Waals surface area contributed by atoms with Crippen LogP contribution in [-0.4, -0.2) is 22.6 Å². The Hall–Kier alpha value is -1.42. The summed E-state index contributed by atoms with van der Waals surface area (Å²) in [5, 5.41) is 9.46. The van der Waals surface area contributed by atoms with Crippen LogP contribution in [0.1, 0.15) is 24.8 Å². The Morgan fingerprint density at radius 3 is 2.82 bits per heavy atom. The number of carboxylic acid groups (broad SMARTS) is 1. The second kappa shape index (κ2) is 4.84.